The second-order valence-electron chi connectivity index (χ2n) is 4.17. The first-order valence-electron chi connectivity index (χ1n) is 6.16. The summed E-state index contributed by atoms with van der Waals surface area (Å²) < 4.78 is 2.31. The van der Waals surface area contributed by atoms with E-state index in [0.29, 0.717) is 0 Å². The molecule has 0 spiro atoms. The predicted octanol–water partition coefficient (Wildman–Crippen LogP) is 3.03. The Kier molecular flexibility index (Phi) is 4.00. The molecule has 0 atom stereocenters. The molecule has 0 saturated heterocycles. The lowest BCUT2D eigenvalue weighted by molar-refractivity contribution is 0.588. The minimum atomic E-state index is 1.05. The van der Waals surface area contributed by atoms with Gasteiger partial charge in [0.05, 0.1) is 0 Å². The molecule has 1 heterocycles. The first-order chi connectivity index (χ1) is 7.92. The van der Waals surface area contributed by atoms with Gasteiger partial charge in [0.2, 0.25) is 0 Å². The van der Waals surface area contributed by atoms with Crippen LogP contribution in [0.4, 0.5) is 0 Å². The Bertz CT molecular complexity index is 431. The maximum Gasteiger partial charge on any atom is 0.0480 e. The lowest BCUT2D eigenvalue weighted by Crippen LogP contribution is -2.20. The molecular weight excluding hydrogens is 196 g/mol. The first-order valence-corrected chi connectivity index (χ1v) is 6.16. The standard InChI is InChI=1S/C14H20N2/c1-2-3-9-15-10-12-16-11-8-13-6-4-5-7-14(13)16/h4-8,11,15H,2-3,9-10,12H2,1H3. The number of hydrogen-bond acceptors (Lipinski definition) is 1. The van der Waals surface area contributed by atoms with Crippen LogP contribution in [-0.2, 0) is 6.54 Å². The summed E-state index contributed by atoms with van der Waals surface area (Å²) in [4.78, 5) is 0. The highest BCUT2D eigenvalue weighted by Crippen LogP contribution is 2.14. The Morgan fingerprint density at radius 3 is 2.88 bits per heavy atom. The molecule has 0 bridgehead atoms. The number of nitrogens with zero attached hydrogens (tertiary/aromatic N) is 1. The third-order valence-corrected chi connectivity index (χ3v) is 2.92. The smallest absolute Gasteiger partial charge is 0.0480 e. The van der Waals surface area contributed by atoms with Crippen LogP contribution >= 0.6 is 0 Å². The second kappa shape index (κ2) is 5.71. The summed E-state index contributed by atoms with van der Waals surface area (Å²) in [7, 11) is 0. The minimum absolute atomic E-state index is 1.05. The topological polar surface area (TPSA) is 17.0 Å². The zero-order valence-electron chi connectivity index (χ0n) is 9.95. The maximum absolute atomic E-state index is 3.47. The molecule has 0 aliphatic heterocycles. The van der Waals surface area contributed by atoms with Gasteiger partial charge in [0, 0.05) is 24.8 Å². The number of rotatable bonds is 6. The van der Waals surface area contributed by atoms with Crippen molar-refractivity contribution in [3.05, 3.63) is 36.5 Å². The van der Waals surface area contributed by atoms with E-state index in [9.17, 15) is 0 Å². The molecule has 2 heteroatoms. The van der Waals surface area contributed by atoms with Crippen molar-refractivity contribution in [3.63, 3.8) is 0 Å². The van der Waals surface area contributed by atoms with Crippen molar-refractivity contribution >= 4 is 10.9 Å². The molecule has 0 fully saturated rings. The van der Waals surface area contributed by atoms with E-state index in [-0.39, 0.29) is 0 Å². The van der Waals surface area contributed by atoms with Gasteiger partial charge in [0.15, 0.2) is 0 Å². The van der Waals surface area contributed by atoms with Gasteiger partial charge in [-0.25, -0.2) is 0 Å². The van der Waals surface area contributed by atoms with Crippen LogP contribution in [0.2, 0.25) is 0 Å². The number of benzene rings is 1. The van der Waals surface area contributed by atoms with Crippen LogP contribution in [0.5, 0.6) is 0 Å². The van der Waals surface area contributed by atoms with Crippen molar-refractivity contribution in [2.45, 2.75) is 26.3 Å². The van der Waals surface area contributed by atoms with Crippen molar-refractivity contribution in [1.29, 1.82) is 0 Å². The summed E-state index contributed by atoms with van der Waals surface area (Å²) in [5.74, 6) is 0. The van der Waals surface area contributed by atoms with E-state index < -0.39 is 0 Å². The van der Waals surface area contributed by atoms with E-state index in [0.717, 1.165) is 19.6 Å². The van der Waals surface area contributed by atoms with Gasteiger partial charge < -0.3 is 9.88 Å². The summed E-state index contributed by atoms with van der Waals surface area (Å²) in [5, 5.41) is 4.80. The average Bonchev–Trinajstić information content (AvgIpc) is 2.73. The van der Waals surface area contributed by atoms with E-state index in [1.807, 2.05) is 0 Å². The lowest BCUT2D eigenvalue weighted by Gasteiger charge is -2.06. The number of fused-ring (bicyclic) bond motifs is 1. The van der Waals surface area contributed by atoms with Crippen LogP contribution in [0.3, 0.4) is 0 Å². The molecule has 1 aromatic carbocycles. The fourth-order valence-corrected chi connectivity index (χ4v) is 1.96. The molecule has 0 aliphatic rings. The molecule has 1 aromatic heterocycles. The molecule has 16 heavy (non-hydrogen) atoms. The SMILES string of the molecule is CCCCNCCn1ccc2ccccc21. The summed E-state index contributed by atoms with van der Waals surface area (Å²) in [6, 6.07) is 10.7. The zero-order chi connectivity index (χ0) is 11.2. The van der Waals surface area contributed by atoms with Crippen molar-refractivity contribution in [3.8, 4) is 0 Å². The highest BCUT2D eigenvalue weighted by molar-refractivity contribution is 5.79. The summed E-state index contributed by atoms with van der Waals surface area (Å²) >= 11 is 0. The highest BCUT2D eigenvalue weighted by Gasteiger charge is 1.98. The Balaban J connectivity index is 1.89. The van der Waals surface area contributed by atoms with Crippen LogP contribution in [0.1, 0.15) is 19.8 Å². The van der Waals surface area contributed by atoms with E-state index >= 15 is 0 Å². The Labute approximate surface area is 97.3 Å². The predicted molar refractivity (Wildman–Crippen MR) is 69.7 cm³/mol. The van der Waals surface area contributed by atoms with Crippen molar-refractivity contribution in [2.75, 3.05) is 13.1 Å². The third kappa shape index (κ3) is 2.64. The molecule has 1 N–H and O–H groups in total. The van der Waals surface area contributed by atoms with Crippen LogP contribution in [-0.4, -0.2) is 17.7 Å². The number of aromatic nitrogens is 1. The van der Waals surface area contributed by atoms with Gasteiger partial charge >= 0.3 is 0 Å². The summed E-state index contributed by atoms with van der Waals surface area (Å²) in [6.07, 6.45) is 4.71. The largest absolute Gasteiger partial charge is 0.346 e. The van der Waals surface area contributed by atoms with Gasteiger partial charge in [-0.3, -0.25) is 0 Å². The highest BCUT2D eigenvalue weighted by atomic mass is 15.0. The van der Waals surface area contributed by atoms with Gasteiger partial charge in [-0.2, -0.15) is 0 Å². The molecule has 86 valence electrons. The summed E-state index contributed by atoms with van der Waals surface area (Å²) in [6.45, 7) is 5.47. The molecule has 2 aromatic rings. The second-order valence-corrected chi connectivity index (χ2v) is 4.17. The molecule has 0 aliphatic carbocycles. The molecule has 2 nitrogen and oxygen atoms in total. The molecule has 0 unspecified atom stereocenters. The van der Waals surface area contributed by atoms with Crippen LogP contribution in [0.15, 0.2) is 36.5 Å². The quantitative estimate of drug-likeness (QED) is 0.734. The summed E-state index contributed by atoms with van der Waals surface area (Å²) in [5.41, 5.74) is 1.33. The minimum Gasteiger partial charge on any atom is -0.346 e. The number of para-hydroxylation sites is 1. The molecule has 2 rings (SSSR count). The van der Waals surface area contributed by atoms with E-state index in [1.165, 1.54) is 23.7 Å². The maximum atomic E-state index is 3.47. The van der Waals surface area contributed by atoms with E-state index in [1.54, 1.807) is 0 Å². The fourth-order valence-electron chi connectivity index (χ4n) is 1.96. The van der Waals surface area contributed by atoms with Gasteiger partial charge in [0.1, 0.15) is 0 Å². The number of nitrogens with one attached hydrogen (secondary N) is 1. The normalized spacial score (nSPS) is 11.1. The van der Waals surface area contributed by atoms with E-state index in [2.05, 4.69) is 53.3 Å². The van der Waals surface area contributed by atoms with Crippen molar-refractivity contribution in [2.24, 2.45) is 0 Å². The van der Waals surface area contributed by atoms with Gasteiger partial charge in [0.25, 0.3) is 0 Å². The van der Waals surface area contributed by atoms with Gasteiger partial charge in [-0.15, -0.1) is 0 Å². The first kappa shape index (κ1) is 11.2. The van der Waals surface area contributed by atoms with Crippen molar-refractivity contribution < 1.29 is 0 Å². The Hall–Kier alpha value is -1.28. The Morgan fingerprint density at radius 1 is 1.12 bits per heavy atom. The number of unbranched alkanes of at least 4 members (excludes halogenated alkanes) is 1. The van der Waals surface area contributed by atoms with Crippen LogP contribution in [0.25, 0.3) is 10.9 Å². The lowest BCUT2D eigenvalue weighted by atomic mass is 10.2. The van der Waals surface area contributed by atoms with Crippen LogP contribution in [0, 0.1) is 0 Å². The Morgan fingerprint density at radius 2 is 2.00 bits per heavy atom. The van der Waals surface area contributed by atoms with Gasteiger partial charge in [-0.05, 0) is 30.5 Å². The van der Waals surface area contributed by atoms with Crippen molar-refractivity contribution in [1.82, 2.24) is 9.88 Å². The van der Waals surface area contributed by atoms with Crippen LogP contribution < -0.4 is 5.32 Å². The number of hydrogen-bond donors (Lipinski definition) is 1. The molecule has 0 saturated carbocycles. The molecular formula is C14H20N2. The van der Waals surface area contributed by atoms with Gasteiger partial charge in [-0.1, -0.05) is 31.5 Å². The van der Waals surface area contributed by atoms with E-state index in [4.69, 9.17) is 0 Å². The third-order valence-electron chi connectivity index (χ3n) is 2.92. The zero-order valence-corrected chi connectivity index (χ0v) is 9.95. The average molecular weight is 216 g/mol. The molecule has 0 radical (unpaired) electrons. The fraction of sp³-hybridized carbons (Fsp3) is 0.429. The molecule has 0 amide bonds. The monoisotopic (exact) mass is 216 g/mol.